The lowest BCUT2D eigenvalue weighted by molar-refractivity contribution is 0.220. The van der Waals surface area contributed by atoms with Gasteiger partial charge < -0.3 is 15.1 Å². The Morgan fingerprint density at radius 1 is 0.857 bits per heavy atom. The summed E-state index contributed by atoms with van der Waals surface area (Å²) in [6, 6.07) is 12.3. The lowest BCUT2D eigenvalue weighted by Crippen LogP contribution is -2.28. The Labute approximate surface area is 127 Å². The summed E-state index contributed by atoms with van der Waals surface area (Å²) in [5.74, 6) is 0. The molecule has 0 amide bonds. The van der Waals surface area contributed by atoms with Crippen molar-refractivity contribution in [2.75, 3.05) is 0 Å². The van der Waals surface area contributed by atoms with Crippen molar-refractivity contribution in [2.45, 2.75) is 6.10 Å². The topological polar surface area (TPSA) is 85.9 Å². The summed E-state index contributed by atoms with van der Waals surface area (Å²) in [6.07, 6.45) is -0.807. The molecule has 0 aliphatic carbocycles. The molecule has 0 spiro atoms. The van der Waals surface area contributed by atoms with E-state index in [0.717, 1.165) is 10.0 Å². The van der Waals surface area contributed by atoms with Crippen molar-refractivity contribution >= 4 is 27.0 Å². The lowest BCUT2D eigenvalue weighted by atomic mass is 10.0. The Bertz CT molecular complexity index is 913. The third-order valence-corrected chi connectivity index (χ3v) is 3.78. The van der Waals surface area contributed by atoms with Crippen molar-refractivity contribution < 1.29 is 5.11 Å². The Morgan fingerprint density at radius 3 is 2.10 bits per heavy atom. The minimum absolute atomic E-state index is 0.480. The highest BCUT2D eigenvalue weighted by Gasteiger charge is 2.11. The van der Waals surface area contributed by atoms with E-state index in [-0.39, 0.29) is 0 Å². The Morgan fingerprint density at radius 2 is 1.43 bits per heavy atom. The van der Waals surface area contributed by atoms with Gasteiger partial charge in [0.05, 0.1) is 11.0 Å². The highest BCUT2D eigenvalue weighted by Crippen LogP contribution is 2.24. The number of aromatic amines is 2. The molecule has 1 unspecified atom stereocenters. The van der Waals surface area contributed by atoms with Gasteiger partial charge in [0, 0.05) is 4.47 Å². The fourth-order valence-electron chi connectivity index (χ4n) is 2.14. The first-order valence-electron chi connectivity index (χ1n) is 6.24. The zero-order valence-corrected chi connectivity index (χ0v) is 12.3. The molecule has 6 heteroatoms. The molecule has 1 heterocycles. The molecule has 1 aromatic heterocycles. The van der Waals surface area contributed by atoms with E-state index < -0.39 is 17.2 Å². The Hall–Kier alpha value is -2.18. The summed E-state index contributed by atoms with van der Waals surface area (Å²) < 4.78 is 0.930. The van der Waals surface area contributed by atoms with E-state index in [1.807, 2.05) is 24.3 Å². The van der Waals surface area contributed by atoms with E-state index in [0.29, 0.717) is 16.6 Å². The predicted octanol–water partition coefficient (Wildman–Crippen LogP) is 2.06. The van der Waals surface area contributed by atoms with Crippen LogP contribution < -0.4 is 11.1 Å². The second kappa shape index (κ2) is 5.31. The molecule has 21 heavy (non-hydrogen) atoms. The van der Waals surface area contributed by atoms with Gasteiger partial charge >= 0.3 is 11.1 Å². The molecule has 3 N–H and O–H groups in total. The molecule has 1 atom stereocenters. The van der Waals surface area contributed by atoms with Crippen LogP contribution in [0.4, 0.5) is 0 Å². The molecule has 0 saturated carbocycles. The maximum atomic E-state index is 11.4. The number of fused-ring (bicyclic) bond motifs is 1. The van der Waals surface area contributed by atoms with E-state index in [4.69, 9.17) is 0 Å². The van der Waals surface area contributed by atoms with E-state index in [1.54, 1.807) is 18.2 Å². The van der Waals surface area contributed by atoms with E-state index in [2.05, 4.69) is 25.9 Å². The summed E-state index contributed by atoms with van der Waals surface area (Å²) in [7, 11) is 0. The second-order valence-electron chi connectivity index (χ2n) is 4.67. The van der Waals surface area contributed by atoms with E-state index in [1.165, 1.54) is 0 Å². The largest absolute Gasteiger partial charge is 0.384 e. The molecule has 0 bridgehead atoms. The van der Waals surface area contributed by atoms with Crippen LogP contribution in [0, 0.1) is 0 Å². The van der Waals surface area contributed by atoms with Crippen molar-refractivity contribution in [3.8, 4) is 0 Å². The summed E-state index contributed by atoms with van der Waals surface area (Å²) in [5.41, 5.74) is 0.970. The lowest BCUT2D eigenvalue weighted by Gasteiger charge is -2.12. The van der Waals surface area contributed by atoms with Gasteiger partial charge in [-0.15, -0.1) is 0 Å². The van der Waals surface area contributed by atoms with Gasteiger partial charge in [-0.3, -0.25) is 9.59 Å². The quantitative estimate of drug-likeness (QED) is 0.621. The molecule has 5 nitrogen and oxygen atoms in total. The molecule has 3 rings (SSSR count). The van der Waals surface area contributed by atoms with Crippen LogP contribution in [0.1, 0.15) is 17.2 Å². The average molecular weight is 347 g/mol. The molecule has 0 radical (unpaired) electrons. The number of benzene rings is 2. The number of H-pyrrole nitrogens is 2. The molecular weight excluding hydrogens is 336 g/mol. The van der Waals surface area contributed by atoms with Crippen LogP contribution in [0.2, 0.25) is 0 Å². The first-order valence-corrected chi connectivity index (χ1v) is 7.04. The Kier molecular flexibility index (Phi) is 3.48. The summed E-state index contributed by atoms with van der Waals surface area (Å²) in [4.78, 5) is 27.6. The molecule has 2 aromatic carbocycles. The minimum atomic E-state index is -0.807. The number of aromatic nitrogens is 2. The average Bonchev–Trinajstić information content (AvgIpc) is 2.48. The maximum absolute atomic E-state index is 11.4. The normalized spacial score (nSPS) is 12.5. The third kappa shape index (κ3) is 2.68. The molecular formula is C15H11BrN2O3. The fourth-order valence-corrected chi connectivity index (χ4v) is 2.40. The van der Waals surface area contributed by atoms with Gasteiger partial charge in [0.2, 0.25) is 0 Å². The van der Waals surface area contributed by atoms with Crippen LogP contribution in [0.5, 0.6) is 0 Å². The van der Waals surface area contributed by atoms with Gasteiger partial charge in [-0.1, -0.05) is 34.1 Å². The molecule has 0 saturated heterocycles. The third-order valence-electron chi connectivity index (χ3n) is 3.25. The highest BCUT2D eigenvalue weighted by molar-refractivity contribution is 9.10. The second-order valence-corrected chi connectivity index (χ2v) is 5.58. The first-order chi connectivity index (χ1) is 10.0. The number of rotatable bonds is 2. The summed E-state index contributed by atoms with van der Waals surface area (Å²) in [5, 5.41) is 10.4. The van der Waals surface area contributed by atoms with Crippen molar-refractivity contribution in [3.63, 3.8) is 0 Å². The summed E-state index contributed by atoms with van der Waals surface area (Å²) in [6.45, 7) is 0. The predicted molar refractivity (Wildman–Crippen MR) is 83.4 cm³/mol. The van der Waals surface area contributed by atoms with Crippen molar-refractivity contribution in [1.82, 2.24) is 9.97 Å². The zero-order chi connectivity index (χ0) is 15.0. The van der Waals surface area contributed by atoms with Gasteiger partial charge in [0.1, 0.15) is 6.10 Å². The molecule has 0 fully saturated rings. The van der Waals surface area contributed by atoms with Gasteiger partial charge in [-0.25, -0.2) is 0 Å². The van der Waals surface area contributed by atoms with Crippen LogP contribution in [0.25, 0.3) is 11.0 Å². The maximum Gasteiger partial charge on any atom is 0.314 e. The van der Waals surface area contributed by atoms with Crippen LogP contribution in [-0.4, -0.2) is 15.1 Å². The number of hydrogen-bond acceptors (Lipinski definition) is 3. The van der Waals surface area contributed by atoms with E-state index >= 15 is 0 Å². The van der Waals surface area contributed by atoms with Gasteiger partial charge in [0.15, 0.2) is 0 Å². The van der Waals surface area contributed by atoms with Crippen molar-refractivity contribution in [2.24, 2.45) is 0 Å². The van der Waals surface area contributed by atoms with Gasteiger partial charge in [-0.2, -0.15) is 0 Å². The monoisotopic (exact) mass is 346 g/mol. The Balaban J connectivity index is 2.08. The van der Waals surface area contributed by atoms with E-state index in [9.17, 15) is 14.7 Å². The molecule has 0 aliphatic heterocycles. The number of nitrogens with one attached hydrogen (secondary N) is 2. The zero-order valence-electron chi connectivity index (χ0n) is 10.8. The summed E-state index contributed by atoms with van der Waals surface area (Å²) >= 11 is 3.34. The van der Waals surface area contributed by atoms with Crippen LogP contribution >= 0.6 is 15.9 Å². The minimum Gasteiger partial charge on any atom is -0.384 e. The smallest absolute Gasteiger partial charge is 0.314 e. The number of aliphatic hydroxyl groups is 1. The molecule has 106 valence electrons. The van der Waals surface area contributed by atoms with Crippen LogP contribution in [0.15, 0.2) is 56.5 Å². The first kappa shape index (κ1) is 13.8. The van der Waals surface area contributed by atoms with Gasteiger partial charge in [-0.05, 0) is 35.4 Å². The standard InChI is InChI=1S/C15H11BrN2O3/c16-10-4-1-8(2-5-10)13(19)9-3-6-11-12(7-9)18-15(21)14(20)17-11/h1-7,13,19H,(H,17,20)(H,18,21). The van der Waals surface area contributed by atoms with Crippen LogP contribution in [-0.2, 0) is 0 Å². The number of aliphatic hydroxyl groups excluding tert-OH is 1. The fraction of sp³-hybridized carbons (Fsp3) is 0.0667. The van der Waals surface area contributed by atoms with Gasteiger partial charge in [0.25, 0.3) is 0 Å². The molecule has 3 aromatic rings. The van der Waals surface area contributed by atoms with Crippen molar-refractivity contribution in [1.29, 1.82) is 0 Å². The highest BCUT2D eigenvalue weighted by atomic mass is 79.9. The number of halogens is 1. The van der Waals surface area contributed by atoms with Crippen LogP contribution in [0.3, 0.4) is 0 Å². The SMILES string of the molecule is O=c1[nH]c2ccc(C(O)c3ccc(Br)cc3)cc2[nH]c1=O. The molecule has 0 aliphatic rings. The van der Waals surface area contributed by atoms with Crippen molar-refractivity contribution in [3.05, 3.63) is 78.8 Å². The number of hydrogen-bond donors (Lipinski definition) is 3.